The number of nitrogens with one attached hydrogen (secondary N) is 2. The summed E-state index contributed by atoms with van der Waals surface area (Å²) in [5.74, 6) is -1.06. The molecule has 0 aliphatic rings. The first-order valence-corrected chi connectivity index (χ1v) is 7.44. The van der Waals surface area contributed by atoms with Crippen molar-refractivity contribution in [1.29, 1.82) is 0 Å². The van der Waals surface area contributed by atoms with Crippen LogP contribution in [0.25, 0.3) is 0 Å². The van der Waals surface area contributed by atoms with Gasteiger partial charge in [-0.15, -0.1) is 0 Å². The number of nitro groups is 1. The smallest absolute Gasteiger partial charge is 0.269 e. The molecule has 0 spiro atoms. The molecule has 8 nitrogen and oxygen atoms in total. The van der Waals surface area contributed by atoms with Crippen molar-refractivity contribution in [3.63, 3.8) is 0 Å². The van der Waals surface area contributed by atoms with Crippen molar-refractivity contribution in [3.8, 4) is 0 Å². The van der Waals surface area contributed by atoms with E-state index in [1.807, 2.05) is 0 Å². The fourth-order valence-corrected chi connectivity index (χ4v) is 1.97. The van der Waals surface area contributed by atoms with Gasteiger partial charge in [-0.2, -0.15) is 5.10 Å². The van der Waals surface area contributed by atoms with Crippen LogP contribution in [0.3, 0.4) is 0 Å². The number of hydrazone groups is 1. The lowest BCUT2D eigenvalue weighted by Gasteiger charge is -2.04. The van der Waals surface area contributed by atoms with Gasteiger partial charge in [0.1, 0.15) is 0 Å². The van der Waals surface area contributed by atoms with Gasteiger partial charge in [0, 0.05) is 28.3 Å². The summed E-state index contributed by atoms with van der Waals surface area (Å²) in [4.78, 5) is 33.5. The summed E-state index contributed by atoms with van der Waals surface area (Å²) in [6.07, 6.45) is 1.39. The van der Waals surface area contributed by atoms with Crippen molar-refractivity contribution >= 4 is 35.3 Å². The molecule has 0 heterocycles. The minimum Gasteiger partial charge on any atom is -0.343 e. The van der Waals surface area contributed by atoms with Gasteiger partial charge < -0.3 is 5.32 Å². The molecule has 0 aliphatic carbocycles. The number of carbonyl (C=O) groups is 2. The number of amides is 2. The third-order valence-corrected chi connectivity index (χ3v) is 3.39. The van der Waals surface area contributed by atoms with Crippen molar-refractivity contribution in [2.45, 2.75) is 0 Å². The average Bonchev–Trinajstić information content (AvgIpc) is 2.61. The summed E-state index contributed by atoms with van der Waals surface area (Å²) in [5, 5.41) is 17.2. The van der Waals surface area contributed by atoms with Gasteiger partial charge in [-0.1, -0.05) is 29.8 Å². The first-order chi connectivity index (χ1) is 12.0. The van der Waals surface area contributed by atoms with Crippen LogP contribution in [0, 0.1) is 10.1 Å². The summed E-state index contributed by atoms with van der Waals surface area (Å²) in [6, 6.07) is 12.0. The first-order valence-electron chi connectivity index (χ1n) is 7.06. The minimum atomic E-state index is -0.563. The molecule has 0 saturated carbocycles. The van der Waals surface area contributed by atoms with Crippen LogP contribution in [0.1, 0.15) is 15.9 Å². The Morgan fingerprint density at radius 2 is 1.84 bits per heavy atom. The van der Waals surface area contributed by atoms with Crippen LogP contribution in [0.2, 0.25) is 5.02 Å². The van der Waals surface area contributed by atoms with E-state index < -0.39 is 16.7 Å². The number of rotatable bonds is 6. The highest BCUT2D eigenvalue weighted by molar-refractivity contribution is 6.33. The molecule has 0 aromatic heterocycles. The van der Waals surface area contributed by atoms with Crippen molar-refractivity contribution < 1.29 is 14.5 Å². The molecule has 2 rings (SSSR count). The van der Waals surface area contributed by atoms with Crippen LogP contribution < -0.4 is 10.7 Å². The number of hydrogen-bond donors (Lipinski definition) is 2. The summed E-state index contributed by atoms with van der Waals surface area (Å²) in [7, 11) is 0. The molecule has 0 fully saturated rings. The zero-order valence-corrected chi connectivity index (χ0v) is 13.6. The van der Waals surface area contributed by atoms with Crippen LogP contribution in [0.5, 0.6) is 0 Å². The van der Waals surface area contributed by atoms with E-state index in [1.54, 1.807) is 24.3 Å². The van der Waals surface area contributed by atoms with E-state index in [-0.39, 0.29) is 17.8 Å². The zero-order chi connectivity index (χ0) is 18.2. The van der Waals surface area contributed by atoms with Gasteiger partial charge in [0.15, 0.2) is 0 Å². The molecular weight excluding hydrogens is 348 g/mol. The molecule has 2 amide bonds. The SMILES string of the molecule is O=C(CNC(=O)c1ccc([N+](=O)[O-])cc1)N/N=C/c1ccccc1Cl. The number of nitro benzene ring substituents is 1. The zero-order valence-electron chi connectivity index (χ0n) is 12.8. The number of nitrogens with zero attached hydrogens (tertiary/aromatic N) is 2. The molecule has 9 heteroatoms. The van der Waals surface area contributed by atoms with E-state index in [9.17, 15) is 19.7 Å². The summed E-state index contributed by atoms with van der Waals surface area (Å²) < 4.78 is 0. The molecule has 0 bridgehead atoms. The predicted molar refractivity (Wildman–Crippen MR) is 92.6 cm³/mol. The van der Waals surface area contributed by atoms with Gasteiger partial charge in [0.05, 0.1) is 17.7 Å². The topological polar surface area (TPSA) is 114 Å². The van der Waals surface area contributed by atoms with Crippen molar-refractivity contribution in [1.82, 2.24) is 10.7 Å². The van der Waals surface area contributed by atoms with Crippen LogP contribution in [0.15, 0.2) is 53.6 Å². The third kappa shape index (κ3) is 5.40. The standard InChI is InChI=1S/C16H13ClN4O4/c17-14-4-2-1-3-12(14)9-19-20-15(22)10-18-16(23)11-5-7-13(8-6-11)21(24)25/h1-9H,10H2,(H,18,23)(H,20,22)/b19-9+. The summed E-state index contributed by atoms with van der Waals surface area (Å²) in [5.41, 5.74) is 2.98. The Balaban J connectivity index is 1.82. The van der Waals surface area contributed by atoms with Crippen LogP contribution >= 0.6 is 11.6 Å². The van der Waals surface area contributed by atoms with E-state index in [0.717, 1.165) is 0 Å². The van der Waals surface area contributed by atoms with E-state index >= 15 is 0 Å². The van der Waals surface area contributed by atoms with E-state index in [0.29, 0.717) is 10.6 Å². The van der Waals surface area contributed by atoms with Gasteiger partial charge in [0.2, 0.25) is 0 Å². The Kier molecular flexibility index (Phi) is 6.19. The Morgan fingerprint density at radius 1 is 1.16 bits per heavy atom. The van der Waals surface area contributed by atoms with Gasteiger partial charge in [-0.3, -0.25) is 19.7 Å². The maximum atomic E-state index is 11.9. The highest BCUT2D eigenvalue weighted by atomic mass is 35.5. The lowest BCUT2D eigenvalue weighted by atomic mass is 10.2. The fraction of sp³-hybridized carbons (Fsp3) is 0.0625. The highest BCUT2D eigenvalue weighted by Gasteiger charge is 2.10. The fourth-order valence-electron chi connectivity index (χ4n) is 1.79. The molecule has 2 aromatic rings. The monoisotopic (exact) mass is 360 g/mol. The van der Waals surface area contributed by atoms with E-state index in [2.05, 4.69) is 15.8 Å². The molecule has 0 radical (unpaired) electrons. The summed E-state index contributed by atoms with van der Waals surface area (Å²) in [6.45, 7) is -0.296. The Hall–Kier alpha value is -3.26. The number of hydrogen-bond acceptors (Lipinski definition) is 5. The maximum absolute atomic E-state index is 11.9. The summed E-state index contributed by atoms with van der Waals surface area (Å²) >= 11 is 5.94. The lowest BCUT2D eigenvalue weighted by Crippen LogP contribution is -2.34. The molecular formula is C16H13ClN4O4. The first kappa shape index (κ1) is 18.1. The molecule has 128 valence electrons. The quantitative estimate of drug-likeness (QED) is 0.466. The number of carbonyl (C=O) groups excluding carboxylic acids is 2. The van der Waals surface area contributed by atoms with Crippen molar-refractivity contribution in [3.05, 3.63) is 74.8 Å². The second kappa shape index (κ2) is 8.55. The van der Waals surface area contributed by atoms with Gasteiger partial charge >= 0.3 is 0 Å². The average molecular weight is 361 g/mol. The van der Waals surface area contributed by atoms with Gasteiger partial charge in [-0.05, 0) is 18.2 Å². The molecule has 0 saturated heterocycles. The van der Waals surface area contributed by atoms with Crippen LogP contribution in [0.4, 0.5) is 5.69 Å². The molecule has 0 unspecified atom stereocenters. The highest BCUT2D eigenvalue weighted by Crippen LogP contribution is 2.12. The third-order valence-electron chi connectivity index (χ3n) is 3.05. The van der Waals surface area contributed by atoms with Gasteiger partial charge in [0.25, 0.3) is 17.5 Å². The van der Waals surface area contributed by atoms with Crippen molar-refractivity contribution in [2.75, 3.05) is 6.54 Å². The second-order valence-corrected chi connectivity index (χ2v) is 5.21. The molecule has 25 heavy (non-hydrogen) atoms. The molecule has 2 N–H and O–H groups in total. The van der Waals surface area contributed by atoms with E-state index in [1.165, 1.54) is 30.5 Å². The van der Waals surface area contributed by atoms with Crippen molar-refractivity contribution in [2.24, 2.45) is 5.10 Å². The minimum absolute atomic E-state index is 0.122. The number of non-ortho nitro benzene ring substituents is 1. The van der Waals surface area contributed by atoms with Crippen LogP contribution in [-0.4, -0.2) is 29.5 Å². The second-order valence-electron chi connectivity index (χ2n) is 4.80. The van der Waals surface area contributed by atoms with E-state index in [4.69, 9.17) is 11.6 Å². The largest absolute Gasteiger partial charge is 0.343 e. The Bertz CT molecular complexity index is 821. The molecule has 0 atom stereocenters. The number of benzene rings is 2. The molecule has 2 aromatic carbocycles. The lowest BCUT2D eigenvalue weighted by molar-refractivity contribution is -0.384. The molecule has 0 aliphatic heterocycles. The normalized spacial score (nSPS) is 10.4. The predicted octanol–water partition coefficient (Wildman–Crippen LogP) is 2.13. The maximum Gasteiger partial charge on any atom is 0.269 e. The Morgan fingerprint density at radius 3 is 2.48 bits per heavy atom. The Labute approximate surface area is 147 Å². The van der Waals surface area contributed by atoms with Crippen LogP contribution in [-0.2, 0) is 4.79 Å². The number of halogens is 1. The van der Waals surface area contributed by atoms with Gasteiger partial charge in [-0.25, -0.2) is 5.43 Å².